The number of hydrogen-bond acceptors (Lipinski definition) is 6. The van der Waals surface area contributed by atoms with E-state index >= 15 is 0 Å². The SMILES string of the molecule is C=CCOC(=O)Nc1cccc(C2OC(CN3CCCCCCC3)CC(c3ccc(CO)cc3)O2)c1. The lowest BCUT2D eigenvalue weighted by molar-refractivity contribution is -0.253. The van der Waals surface area contributed by atoms with Gasteiger partial charge < -0.3 is 24.2 Å². The molecule has 3 atom stereocenters. The molecule has 2 aromatic carbocycles. The van der Waals surface area contributed by atoms with Gasteiger partial charge in [0.1, 0.15) is 6.61 Å². The van der Waals surface area contributed by atoms with Gasteiger partial charge in [0.2, 0.25) is 0 Å². The first-order valence-corrected chi connectivity index (χ1v) is 13.0. The van der Waals surface area contributed by atoms with Gasteiger partial charge in [-0.15, -0.1) is 0 Å². The molecular weight excluding hydrogens is 456 g/mol. The van der Waals surface area contributed by atoms with Crippen molar-refractivity contribution in [1.29, 1.82) is 0 Å². The van der Waals surface area contributed by atoms with Gasteiger partial charge in [-0.3, -0.25) is 5.32 Å². The summed E-state index contributed by atoms with van der Waals surface area (Å²) in [4.78, 5) is 14.5. The van der Waals surface area contributed by atoms with Gasteiger partial charge in [0.05, 0.1) is 18.8 Å². The summed E-state index contributed by atoms with van der Waals surface area (Å²) >= 11 is 0. The number of aliphatic hydroxyl groups excluding tert-OH is 1. The fourth-order valence-electron chi connectivity index (χ4n) is 4.87. The zero-order valence-electron chi connectivity index (χ0n) is 20.9. The number of nitrogens with one attached hydrogen (secondary N) is 1. The quantitative estimate of drug-likeness (QED) is 0.457. The largest absolute Gasteiger partial charge is 0.445 e. The number of rotatable bonds is 8. The van der Waals surface area contributed by atoms with E-state index in [1.165, 1.54) is 38.2 Å². The van der Waals surface area contributed by atoms with Crippen LogP contribution in [-0.2, 0) is 20.8 Å². The number of anilines is 1. The molecule has 0 saturated carbocycles. The highest BCUT2D eigenvalue weighted by molar-refractivity contribution is 5.84. The molecule has 2 aromatic rings. The molecule has 0 bridgehead atoms. The minimum Gasteiger partial charge on any atom is -0.445 e. The number of likely N-dealkylation sites (tertiary alicyclic amines) is 1. The number of benzene rings is 2. The van der Waals surface area contributed by atoms with E-state index in [4.69, 9.17) is 14.2 Å². The van der Waals surface area contributed by atoms with Crippen molar-refractivity contribution in [3.63, 3.8) is 0 Å². The Balaban J connectivity index is 1.51. The fraction of sp³-hybridized carbons (Fsp3) is 0.483. The van der Waals surface area contributed by atoms with E-state index in [1.807, 2.05) is 48.5 Å². The summed E-state index contributed by atoms with van der Waals surface area (Å²) in [5.41, 5.74) is 3.40. The Hall–Kier alpha value is -2.71. The van der Waals surface area contributed by atoms with Gasteiger partial charge in [-0.1, -0.05) is 68.3 Å². The van der Waals surface area contributed by atoms with Gasteiger partial charge in [-0.05, 0) is 49.2 Å². The Morgan fingerprint density at radius 2 is 1.81 bits per heavy atom. The van der Waals surface area contributed by atoms with Crippen molar-refractivity contribution in [3.05, 3.63) is 77.9 Å². The number of ether oxygens (including phenoxy) is 3. The molecule has 4 rings (SSSR count). The molecule has 36 heavy (non-hydrogen) atoms. The number of amides is 1. The first kappa shape index (κ1) is 26.4. The smallest absolute Gasteiger partial charge is 0.411 e. The first-order chi connectivity index (χ1) is 17.6. The lowest BCUT2D eigenvalue weighted by Gasteiger charge is -2.39. The molecule has 2 aliphatic heterocycles. The van der Waals surface area contributed by atoms with Crippen molar-refractivity contribution in [2.45, 2.75) is 63.6 Å². The molecule has 2 N–H and O–H groups in total. The van der Waals surface area contributed by atoms with Crippen LogP contribution in [0.4, 0.5) is 10.5 Å². The highest BCUT2D eigenvalue weighted by Crippen LogP contribution is 2.38. The molecule has 2 fully saturated rings. The van der Waals surface area contributed by atoms with Gasteiger partial charge >= 0.3 is 6.09 Å². The summed E-state index contributed by atoms with van der Waals surface area (Å²) in [6, 6.07) is 15.4. The van der Waals surface area contributed by atoms with Crippen LogP contribution < -0.4 is 5.32 Å². The maximum absolute atomic E-state index is 12.0. The van der Waals surface area contributed by atoms with Gasteiger partial charge in [0.25, 0.3) is 0 Å². The average molecular weight is 495 g/mol. The van der Waals surface area contributed by atoms with Crippen LogP contribution in [0.25, 0.3) is 0 Å². The van der Waals surface area contributed by atoms with Crippen LogP contribution in [0.3, 0.4) is 0 Å². The Labute approximate surface area is 214 Å². The monoisotopic (exact) mass is 494 g/mol. The van der Waals surface area contributed by atoms with E-state index in [1.54, 1.807) is 0 Å². The van der Waals surface area contributed by atoms with Crippen molar-refractivity contribution in [3.8, 4) is 0 Å². The minimum atomic E-state index is -0.563. The van der Waals surface area contributed by atoms with Crippen molar-refractivity contribution in [2.75, 3.05) is 31.6 Å². The summed E-state index contributed by atoms with van der Waals surface area (Å²) in [7, 11) is 0. The molecule has 0 aliphatic carbocycles. The normalized spacial score (nSPS) is 23.3. The van der Waals surface area contributed by atoms with Gasteiger partial charge in [-0.25, -0.2) is 4.79 Å². The van der Waals surface area contributed by atoms with Gasteiger partial charge in [0, 0.05) is 24.2 Å². The second-order valence-electron chi connectivity index (χ2n) is 9.56. The maximum Gasteiger partial charge on any atom is 0.411 e. The molecule has 2 aliphatic rings. The Bertz CT molecular complexity index is 972. The predicted octanol–water partition coefficient (Wildman–Crippen LogP) is 5.72. The van der Waals surface area contributed by atoms with Crippen molar-refractivity contribution >= 4 is 11.8 Å². The van der Waals surface area contributed by atoms with Crippen LogP contribution in [0.2, 0.25) is 0 Å². The van der Waals surface area contributed by atoms with Crippen molar-refractivity contribution in [2.24, 2.45) is 0 Å². The highest BCUT2D eigenvalue weighted by atomic mass is 16.7. The number of hydrogen-bond donors (Lipinski definition) is 2. The fourth-order valence-corrected chi connectivity index (χ4v) is 4.87. The lowest BCUT2D eigenvalue weighted by atomic mass is 9.99. The molecule has 2 saturated heterocycles. The molecule has 3 unspecified atom stereocenters. The average Bonchev–Trinajstić information content (AvgIpc) is 2.89. The van der Waals surface area contributed by atoms with E-state index in [2.05, 4.69) is 16.8 Å². The predicted molar refractivity (Wildman–Crippen MR) is 140 cm³/mol. The number of aliphatic hydroxyl groups is 1. The zero-order valence-corrected chi connectivity index (χ0v) is 20.9. The van der Waals surface area contributed by atoms with Gasteiger partial charge in [0.15, 0.2) is 6.29 Å². The Kier molecular flexibility index (Phi) is 9.93. The molecule has 7 nitrogen and oxygen atoms in total. The Morgan fingerprint density at radius 1 is 1.06 bits per heavy atom. The summed E-state index contributed by atoms with van der Waals surface area (Å²) in [6.07, 6.45) is 7.46. The Morgan fingerprint density at radius 3 is 2.53 bits per heavy atom. The third-order valence-corrected chi connectivity index (χ3v) is 6.76. The molecule has 1 amide bonds. The van der Waals surface area contributed by atoms with Crippen LogP contribution in [0.1, 0.15) is 67.6 Å². The second kappa shape index (κ2) is 13.6. The lowest BCUT2D eigenvalue weighted by Crippen LogP contribution is -2.40. The van der Waals surface area contributed by atoms with Crippen LogP contribution >= 0.6 is 0 Å². The molecule has 7 heteroatoms. The van der Waals surface area contributed by atoms with E-state index in [0.717, 1.165) is 42.7 Å². The molecule has 0 spiro atoms. The summed E-state index contributed by atoms with van der Waals surface area (Å²) in [5.74, 6) is 0. The first-order valence-electron chi connectivity index (χ1n) is 13.0. The van der Waals surface area contributed by atoms with E-state index in [0.29, 0.717) is 5.69 Å². The maximum atomic E-state index is 12.0. The molecule has 0 radical (unpaired) electrons. The van der Waals surface area contributed by atoms with Crippen LogP contribution in [0.15, 0.2) is 61.2 Å². The number of carbonyl (C=O) groups excluding carboxylic acids is 1. The summed E-state index contributed by atoms with van der Waals surface area (Å²) in [5, 5.41) is 12.2. The van der Waals surface area contributed by atoms with Crippen LogP contribution in [-0.4, -0.2) is 48.4 Å². The van der Waals surface area contributed by atoms with Crippen molar-refractivity contribution < 1.29 is 24.1 Å². The molecular formula is C29H38N2O5. The highest BCUT2D eigenvalue weighted by Gasteiger charge is 2.33. The number of nitrogens with zero attached hydrogens (tertiary/aromatic N) is 1. The van der Waals surface area contributed by atoms with Crippen LogP contribution in [0.5, 0.6) is 0 Å². The second-order valence-corrected chi connectivity index (χ2v) is 9.56. The zero-order chi connectivity index (χ0) is 25.2. The number of carbonyl (C=O) groups is 1. The van der Waals surface area contributed by atoms with Crippen LogP contribution in [0, 0.1) is 0 Å². The third kappa shape index (κ3) is 7.64. The topological polar surface area (TPSA) is 80.3 Å². The summed E-state index contributed by atoms with van der Waals surface area (Å²) < 4.78 is 18.0. The van der Waals surface area contributed by atoms with Crippen molar-refractivity contribution in [1.82, 2.24) is 4.90 Å². The van der Waals surface area contributed by atoms with Gasteiger partial charge in [-0.2, -0.15) is 0 Å². The molecule has 0 aromatic heterocycles. The third-order valence-electron chi connectivity index (χ3n) is 6.76. The van der Waals surface area contributed by atoms with E-state index in [-0.39, 0.29) is 25.4 Å². The molecule has 194 valence electrons. The van der Waals surface area contributed by atoms with E-state index < -0.39 is 12.4 Å². The van der Waals surface area contributed by atoms with E-state index in [9.17, 15) is 9.90 Å². The standard InChI is InChI=1S/C29H38N2O5/c1-2-17-34-29(33)30-25-10-8-9-24(18-25)28-35-26(20-31-15-6-4-3-5-7-16-31)19-27(36-28)23-13-11-22(21-32)12-14-23/h2,8-14,18,26-28,32H,1,3-7,15-17,19-21H2,(H,30,33). The molecule has 2 heterocycles. The minimum absolute atomic E-state index is 0.0138. The summed E-state index contributed by atoms with van der Waals surface area (Å²) in [6.45, 7) is 6.81.